The summed E-state index contributed by atoms with van der Waals surface area (Å²) >= 11 is 1.53. The number of amides is 1. The second-order valence-corrected chi connectivity index (χ2v) is 12.3. The van der Waals surface area contributed by atoms with Crippen molar-refractivity contribution < 1.29 is 9.90 Å². The lowest BCUT2D eigenvalue weighted by atomic mass is 10.0. The molecule has 188 valence electrons. The number of nitrogens with zero attached hydrogens (tertiary/aromatic N) is 3. The van der Waals surface area contributed by atoms with Crippen LogP contribution in [0.1, 0.15) is 95.3 Å². The van der Waals surface area contributed by atoms with E-state index in [1.54, 1.807) is 13.8 Å². The molecule has 0 aromatic carbocycles. The molecule has 3 atom stereocenters. The molecule has 0 spiro atoms. The lowest BCUT2D eigenvalue weighted by Gasteiger charge is -2.29. The van der Waals surface area contributed by atoms with E-state index in [0.717, 1.165) is 46.2 Å². The maximum absolute atomic E-state index is 13.6. The minimum Gasteiger partial charge on any atom is -0.389 e. The van der Waals surface area contributed by atoms with Crippen LogP contribution in [-0.4, -0.2) is 55.6 Å². The summed E-state index contributed by atoms with van der Waals surface area (Å²) in [6, 6.07) is 2.00. The maximum Gasteiger partial charge on any atom is 0.274 e. The summed E-state index contributed by atoms with van der Waals surface area (Å²) in [5.74, 6) is 0.801. The molecule has 3 heterocycles. The number of hydrogen-bond donors (Lipinski definition) is 3. The third kappa shape index (κ3) is 6.15. The average molecular weight is 488 g/mol. The number of aliphatic hydroxyl groups is 1. The van der Waals surface area contributed by atoms with E-state index in [1.807, 2.05) is 31.0 Å². The van der Waals surface area contributed by atoms with Crippen molar-refractivity contribution in [3.63, 3.8) is 0 Å². The normalized spacial score (nSPS) is 18.8. The molecule has 1 amide bonds. The van der Waals surface area contributed by atoms with E-state index >= 15 is 0 Å². The van der Waals surface area contributed by atoms with Crippen LogP contribution in [0.3, 0.4) is 0 Å². The SMILES string of the molecule is Cc1cc(NC(C)(C)C)ncc1-c1sc(C(C)N[C@H](C)C(C)(C)O)nc1C(=O)N1CCC[C@@H]1C. The fourth-order valence-electron chi connectivity index (χ4n) is 4.12. The van der Waals surface area contributed by atoms with E-state index in [2.05, 4.69) is 50.2 Å². The Labute approximate surface area is 208 Å². The highest BCUT2D eigenvalue weighted by molar-refractivity contribution is 7.15. The number of carbonyl (C=O) groups is 1. The highest BCUT2D eigenvalue weighted by Crippen LogP contribution is 2.37. The first-order valence-corrected chi connectivity index (χ1v) is 13.0. The van der Waals surface area contributed by atoms with Gasteiger partial charge in [-0.3, -0.25) is 4.79 Å². The van der Waals surface area contributed by atoms with Crippen molar-refractivity contribution in [3.8, 4) is 10.4 Å². The van der Waals surface area contributed by atoms with Gasteiger partial charge in [-0.05, 0) is 86.8 Å². The summed E-state index contributed by atoms with van der Waals surface area (Å²) in [6.07, 6.45) is 3.89. The van der Waals surface area contributed by atoms with Crippen LogP contribution < -0.4 is 10.6 Å². The molecule has 3 N–H and O–H groups in total. The summed E-state index contributed by atoms with van der Waals surface area (Å²) in [6.45, 7) is 18.8. The molecule has 1 unspecified atom stereocenters. The molecule has 2 aromatic rings. The molecule has 0 saturated carbocycles. The number of likely N-dealkylation sites (tertiary alicyclic amines) is 1. The van der Waals surface area contributed by atoms with Crippen molar-refractivity contribution in [3.05, 3.63) is 28.5 Å². The number of pyridine rings is 1. The van der Waals surface area contributed by atoms with Crippen LogP contribution >= 0.6 is 11.3 Å². The van der Waals surface area contributed by atoms with Gasteiger partial charge in [0.1, 0.15) is 16.5 Å². The van der Waals surface area contributed by atoms with Gasteiger partial charge in [-0.15, -0.1) is 11.3 Å². The van der Waals surface area contributed by atoms with Crippen LogP contribution in [-0.2, 0) is 0 Å². The zero-order valence-electron chi connectivity index (χ0n) is 22.1. The summed E-state index contributed by atoms with van der Waals surface area (Å²) in [7, 11) is 0. The van der Waals surface area contributed by atoms with Crippen LogP contribution in [0.4, 0.5) is 5.82 Å². The molecule has 1 saturated heterocycles. The van der Waals surface area contributed by atoms with Crippen molar-refractivity contribution in [1.82, 2.24) is 20.2 Å². The summed E-state index contributed by atoms with van der Waals surface area (Å²) in [4.78, 5) is 25.9. The Morgan fingerprint density at radius 1 is 1.26 bits per heavy atom. The number of aromatic nitrogens is 2. The van der Waals surface area contributed by atoms with Gasteiger partial charge in [-0.25, -0.2) is 9.97 Å². The zero-order valence-corrected chi connectivity index (χ0v) is 22.9. The first-order valence-electron chi connectivity index (χ1n) is 12.2. The lowest BCUT2D eigenvalue weighted by Crippen LogP contribution is -2.45. The van der Waals surface area contributed by atoms with Crippen molar-refractivity contribution in [2.75, 3.05) is 11.9 Å². The number of carbonyl (C=O) groups excluding carboxylic acids is 1. The van der Waals surface area contributed by atoms with E-state index in [0.29, 0.717) is 5.69 Å². The zero-order chi connectivity index (χ0) is 25.4. The largest absolute Gasteiger partial charge is 0.389 e. The number of aryl methyl sites for hydroxylation is 1. The predicted octanol–water partition coefficient (Wildman–Crippen LogP) is 5.16. The number of anilines is 1. The number of nitrogens with one attached hydrogen (secondary N) is 2. The van der Waals surface area contributed by atoms with Gasteiger partial charge < -0.3 is 20.6 Å². The summed E-state index contributed by atoms with van der Waals surface area (Å²) in [5.41, 5.74) is 1.52. The van der Waals surface area contributed by atoms with Crippen molar-refractivity contribution in [2.24, 2.45) is 0 Å². The maximum atomic E-state index is 13.6. The van der Waals surface area contributed by atoms with E-state index in [1.165, 1.54) is 11.3 Å². The third-order valence-corrected chi connectivity index (χ3v) is 7.72. The standard InChI is InChI=1S/C26H41N5O2S/c1-15-13-20(30-25(5,6)7)27-14-19(15)22-21(24(32)31-12-10-11-16(31)2)29-23(34-22)17(3)28-18(4)26(8,9)33/h13-14,16-18,28,33H,10-12H2,1-9H3,(H,27,30)/t16-,17?,18+/m0/s1. The Morgan fingerprint density at radius 3 is 2.47 bits per heavy atom. The highest BCUT2D eigenvalue weighted by Gasteiger charge is 2.32. The summed E-state index contributed by atoms with van der Waals surface area (Å²) < 4.78 is 0. The van der Waals surface area contributed by atoms with Crippen LogP contribution in [0.15, 0.2) is 12.3 Å². The van der Waals surface area contributed by atoms with Crippen LogP contribution in [0.5, 0.6) is 0 Å². The Bertz CT molecular complexity index is 1020. The number of thiazole rings is 1. The quantitative estimate of drug-likeness (QED) is 0.500. The fourth-order valence-corrected chi connectivity index (χ4v) is 5.26. The van der Waals surface area contributed by atoms with Gasteiger partial charge in [0.05, 0.1) is 16.5 Å². The van der Waals surface area contributed by atoms with E-state index < -0.39 is 5.60 Å². The molecule has 3 rings (SSSR count). The highest BCUT2D eigenvalue weighted by atomic mass is 32.1. The Morgan fingerprint density at radius 2 is 1.94 bits per heavy atom. The van der Waals surface area contributed by atoms with Gasteiger partial charge in [0.25, 0.3) is 5.91 Å². The van der Waals surface area contributed by atoms with E-state index in [4.69, 9.17) is 4.98 Å². The Hall–Kier alpha value is -2.03. The van der Waals surface area contributed by atoms with Crippen molar-refractivity contribution >= 4 is 23.1 Å². The van der Waals surface area contributed by atoms with Crippen LogP contribution in [0.25, 0.3) is 10.4 Å². The van der Waals surface area contributed by atoms with Gasteiger partial charge in [0.15, 0.2) is 0 Å². The molecule has 34 heavy (non-hydrogen) atoms. The molecular weight excluding hydrogens is 446 g/mol. The second kappa shape index (κ2) is 9.91. The average Bonchev–Trinajstić information content (AvgIpc) is 3.32. The second-order valence-electron chi connectivity index (χ2n) is 11.2. The smallest absolute Gasteiger partial charge is 0.274 e. The van der Waals surface area contributed by atoms with Gasteiger partial charge in [-0.2, -0.15) is 0 Å². The van der Waals surface area contributed by atoms with Gasteiger partial charge in [0, 0.05) is 35.9 Å². The van der Waals surface area contributed by atoms with Gasteiger partial charge in [0.2, 0.25) is 0 Å². The Balaban J connectivity index is 2.02. The van der Waals surface area contributed by atoms with Crippen LogP contribution in [0, 0.1) is 6.92 Å². The predicted molar refractivity (Wildman–Crippen MR) is 141 cm³/mol. The molecule has 8 heteroatoms. The topological polar surface area (TPSA) is 90.4 Å². The van der Waals surface area contributed by atoms with Crippen molar-refractivity contribution in [1.29, 1.82) is 0 Å². The molecule has 7 nitrogen and oxygen atoms in total. The number of hydrogen-bond acceptors (Lipinski definition) is 7. The molecular formula is C26H41N5O2S. The molecule has 1 fully saturated rings. The molecule has 0 radical (unpaired) electrons. The Kier molecular flexibility index (Phi) is 7.75. The lowest BCUT2D eigenvalue weighted by molar-refractivity contribution is 0.0405. The van der Waals surface area contributed by atoms with Gasteiger partial charge >= 0.3 is 0 Å². The molecule has 1 aliphatic rings. The fraction of sp³-hybridized carbons (Fsp3) is 0.654. The monoisotopic (exact) mass is 487 g/mol. The van der Waals surface area contributed by atoms with Crippen LogP contribution in [0.2, 0.25) is 0 Å². The van der Waals surface area contributed by atoms with Gasteiger partial charge in [-0.1, -0.05) is 0 Å². The molecule has 1 aliphatic heterocycles. The first kappa shape index (κ1) is 26.6. The van der Waals surface area contributed by atoms with E-state index in [9.17, 15) is 9.90 Å². The number of rotatable bonds is 7. The molecule has 2 aromatic heterocycles. The third-order valence-electron chi connectivity index (χ3n) is 6.45. The minimum absolute atomic E-state index is 0.0125. The van der Waals surface area contributed by atoms with Crippen molar-refractivity contribution in [2.45, 2.75) is 104 Å². The van der Waals surface area contributed by atoms with E-state index in [-0.39, 0.29) is 29.6 Å². The molecule has 0 bridgehead atoms. The first-order chi connectivity index (χ1) is 15.7. The molecule has 0 aliphatic carbocycles. The summed E-state index contributed by atoms with van der Waals surface area (Å²) in [5, 5.41) is 18.1. The minimum atomic E-state index is -0.867.